The SMILES string of the molecule is CCN(CC(=O)NC(C)C)C(C(=O)NN)c1ccccc1. The van der Waals surface area contributed by atoms with Gasteiger partial charge in [0.25, 0.3) is 5.91 Å². The number of hydrogen-bond acceptors (Lipinski definition) is 4. The van der Waals surface area contributed by atoms with Gasteiger partial charge < -0.3 is 5.32 Å². The highest BCUT2D eigenvalue weighted by Crippen LogP contribution is 2.20. The van der Waals surface area contributed by atoms with Crippen molar-refractivity contribution >= 4 is 11.8 Å². The van der Waals surface area contributed by atoms with E-state index in [2.05, 4.69) is 10.7 Å². The summed E-state index contributed by atoms with van der Waals surface area (Å²) in [6, 6.07) is 8.77. The van der Waals surface area contributed by atoms with Gasteiger partial charge in [0.05, 0.1) is 6.54 Å². The van der Waals surface area contributed by atoms with Gasteiger partial charge in [-0.2, -0.15) is 0 Å². The predicted molar refractivity (Wildman–Crippen MR) is 82.0 cm³/mol. The van der Waals surface area contributed by atoms with Crippen LogP contribution < -0.4 is 16.6 Å². The standard InChI is InChI=1S/C15H24N4O2/c1-4-19(10-13(20)17-11(2)3)14(15(21)18-16)12-8-6-5-7-9-12/h5-9,11,14H,4,10,16H2,1-3H3,(H,17,20)(H,18,21). The molecule has 1 unspecified atom stereocenters. The highest BCUT2D eigenvalue weighted by Gasteiger charge is 2.27. The second kappa shape index (κ2) is 8.39. The van der Waals surface area contributed by atoms with Gasteiger partial charge in [-0.3, -0.25) is 19.9 Å². The largest absolute Gasteiger partial charge is 0.353 e. The first kappa shape index (κ1) is 17.1. The fraction of sp³-hybridized carbons (Fsp3) is 0.467. The molecule has 0 radical (unpaired) electrons. The minimum Gasteiger partial charge on any atom is -0.353 e. The van der Waals surface area contributed by atoms with Crippen LogP contribution in [0.4, 0.5) is 0 Å². The average Bonchev–Trinajstić information content (AvgIpc) is 2.46. The van der Waals surface area contributed by atoms with Crippen LogP contribution in [0.2, 0.25) is 0 Å². The summed E-state index contributed by atoms with van der Waals surface area (Å²) in [6.07, 6.45) is 0. The van der Waals surface area contributed by atoms with Crippen molar-refractivity contribution in [3.05, 3.63) is 35.9 Å². The number of hydrazine groups is 1. The molecular weight excluding hydrogens is 268 g/mol. The first-order chi connectivity index (χ1) is 9.99. The molecule has 0 spiro atoms. The molecule has 4 N–H and O–H groups in total. The van der Waals surface area contributed by atoms with Crippen molar-refractivity contribution in [2.45, 2.75) is 32.9 Å². The maximum Gasteiger partial charge on any atom is 0.255 e. The summed E-state index contributed by atoms with van der Waals surface area (Å²) >= 11 is 0. The van der Waals surface area contributed by atoms with Crippen LogP contribution in [0.5, 0.6) is 0 Å². The van der Waals surface area contributed by atoms with Crippen LogP contribution in [-0.4, -0.2) is 35.8 Å². The molecule has 0 aliphatic carbocycles. The minimum atomic E-state index is -0.584. The zero-order valence-corrected chi connectivity index (χ0v) is 12.8. The summed E-state index contributed by atoms with van der Waals surface area (Å²) < 4.78 is 0. The molecule has 0 heterocycles. The maximum atomic E-state index is 12.1. The Morgan fingerprint density at radius 3 is 2.33 bits per heavy atom. The zero-order valence-electron chi connectivity index (χ0n) is 12.8. The van der Waals surface area contributed by atoms with Crippen LogP contribution in [0.15, 0.2) is 30.3 Å². The summed E-state index contributed by atoms with van der Waals surface area (Å²) in [5.41, 5.74) is 2.99. The monoisotopic (exact) mass is 292 g/mol. The van der Waals surface area contributed by atoms with Gasteiger partial charge in [0.2, 0.25) is 5.91 Å². The normalized spacial score (nSPS) is 12.3. The second-order valence-electron chi connectivity index (χ2n) is 5.11. The molecular formula is C15H24N4O2. The number of hydrogen-bond donors (Lipinski definition) is 3. The van der Waals surface area contributed by atoms with Crippen LogP contribution in [0.25, 0.3) is 0 Å². The van der Waals surface area contributed by atoms with Gasteiger partial charge in [-0.1, -0.05) is 37.3 Å². The molecule has 6 nitrogen and oxygen atoms in total. The third kappa shape index (κ3) is 5.17. The lowest BCUT2D eigenvalue weighted by Crippen LogP contribution is -2.47. The number of benzene rings is 1. The van der Waals surface area contributed by atoms with Crippen molar-refractivity contribution in [3.63, 3.8) is 0 Å². The third-order valence-corrected chi connectivity index (χ3v) is 3.07. The highest BCUT2D eigenvalue weighted by atomic mass is 16.2. The number of likely N-dealkylation sites (N-methyl/N-ethyl adjacent to an activating group) is 1. The maximum absolute atomic E-state index is 12.1. The number of rotatable bonds is 7. The van der Waals surface area contributed by atoms with Crippen molar-refractivity contribution in [2.75, 3.05) is 13.1 Å². The minimum absolute atomic E-state index is 0.0646. The van der Waals surface area contributed by atoms with Crippen molar-refractivity contribution in [1.82, 2.24) is 15.6 Å². The molecule has 0 fully saturated rings. The van der Waals surface area contributed by atoms with E-state index in [9.17, 15) is 9.59 Å². The lowest BCUT2D eigenvalue weighted by atomic mass is 10.0. The Morgan fingerprint density at radius 1 is 1.24 bits per heavy atom. The molecule has 2 amide bonds. The molecule has 0 saturated heterocycles. The predicted octanol–water partition coefficient (Wildman–Crippen LogP) is 0.564. The molecule has 1 rings (SSSR count). The van der Waals surface area contributed by atoms with Gasteiger partial charge in [-0.05, 0) is 26.0 Å². The number of nitrogens with two attached hydrogens (primary N) is 1. The highest BCUT2D eigenvalue weighted by molar-refractivity contribution is 5.84. The summed E-state index contributed by atoms with van der Waals surface area (Å²) in [5, 5.41) is 2.83. The molecule has 116 valence electrons. The Labute approximate surface area is 125 Å². The number of carbonyl (C=O) groups is 2. The Bertz CT molecular complexity index is 462. The van der Waals surface area contributed by atoms with Gasteiger partial charge in [0.1, 0.15) is 6.04 Å². The van der Waals surface area contributed by atoms with E-state index in [1.807, 2.05) is 51.1 Å². The van der Waals surface area contributed by atoms with E-state index in [4.69, 9.17) is 5.84 Å². The van der Waals surface area contributed by atoms with Gasteiger partial charge in [-0.25, -0.2) is 5.84 Å². The molecule has 0 aromatic heterocycles. The molecule has 1 aromatic carbocycles. The second-order valence-corrected chi connectivity index (χ2v) is 5.11. The van der Waals surface area contributed by atoms with Crippen molar-refractivity contribution in [3.8, 4) is 0 Å². The van der Waals surface area contributed by atoms with E-state index in [-0.39, 0.29) is 24.4 Å². The zero-order chi connectivity index (χ0) is 15.8. The van der Waals surface area contributed by atoms with Gasteiger partial charge in [0, 0.05) is 6.04 Å². The molecule has 0 saturated carbocycles. The Balaban J connectivity index is 2.94. The Hall–Kier alpha value is -1.92. The smallest absolute Gasteiger partial charge is 0.255 e. The molecule has 0 aliphatic rings. The van der Waals surface area contributed by atoms with Crippen molar-refractivity contribution in [1.29, 1.82) is 0 Å². The van der Waals surface area contributed by atoms with E-state index in [0.717, 1.165) is 5.56 Å². The molecule has 21 heavy (non-hydrogen) atoms. The fourth-order valence-corrected chi connectivity index (χ4v) is 2.18. The van der Waals surface area contributed by atoms with Gasteiger partial charge in [-0.15, -0.1) is 0 Å². The third-order valence-electron chi connectivity index (χ3n) is 3.07. The molecule has 6 heteroatoms. The number of amides is 2. The molecule has 1 atom stereocenters. The van der Waals surface area contributed by atoms with Crippen molar-refractivity contribution < 1.29 is 9.59 Å². The summed E-state index contributed by atoms with van der Waals surface area (Å²) in [7, 11) is 0. The summed E-state index contributed by atoms with van der Waals surface area (Å²) in [4.78, 5) is 25.8. The van der Waals surface area contributed by atoms with E-state index >= 15 is 0 Å². The van der Waals surface area contributed by atoms with Gasteiger partial charge in [0.15, 0.2) is 0 Å². The van der Waals surface area contributed by atoms with E-state index in [1.54, 1.807) is 4.90 Å². The van der Waals surface area contributed by atoms with E-state index in [0.29, 0.717) is 6.54 Å². The lowest BCUT2D eigenvalue weighted by molar-refractivity contribution is -0.129. The Morgan fingerprint density at radius 2 is 1.86 bits per heavy atom. The fourth-order valence-electron chi connectivity index (χ4n) is 2.18. The van der Waals surface area contributed by atoms with Crippen LogP contribution in [0.1, 0.15) is 32.4 Å². The average molecular weight is 292 g/mol. The molecule has 1 aromatic rings. The van der Waals surface area contributed by atoms with E-state index in [1.165, 1.54) is 0 Å². The quantitative estimate of drug-likeness (QED) is 0.389. The number of nitrogens with zero attached hydrogens (tertiary/aromatic N) is 1. The van der Waals surface area contributed by atoms with Crippen LogP contribution in [0.3, 0.4) is 0 Å². The lowest BCUT2D eigenvalue weighted by Gasteiger charge is -2.29. The topological polar surface area (TPSA) is 87.5 Å². The Kier molecular flexibility index (Phi) is 6.84. The molecule has 0 bridgehead atoms. The van der Waals surface area contributed by atoms with Crippen LogP contribution in [0, 0.1) is 0 Å². The van der Waals surface area contributed by atoms with Crippen molar-refractivity contribution in [2.24, 2.45) is 5.84 Å². The van der Waals surface area contributed by atoms with Crippen LogP contribution in [-0.2, 0) is 9.59 Å². The summed E-state index contributed by atoms with van der Waals surface area (Å²) in [6.45, 7) is 6.40. The van der Waals surface area contributed by atoms with Crippen LogP contribution >= 0.6 is 0 Å². The first-order valence-electron chi connectivity index (χ1n) is 7.08. The van der Waals surface area contributed by atoms with Gasteiger partial charge >= 0.3 is 0 Å². The summed E-state index contributed by atoms with van der Waals surface area (Å²) in [5.74, 6) is 4.84. The number of nitrogens with one attached hydrogen (secondary N) is 2. The first-order valence-corrected chi connectivity index (χ1v) is 7.08. The molecule has 0 aliphatic heterocycles. The van der Waals surface area contributed by atoms with E-state index < -0.39 is 6.04 Å². The number of carbonyl (C=O) groups excluding carboxylic acids is 2.